The molecule has 3 nitrogen and oxygen atoms in total. The van der Waals surface area contributed by atoms with E-state index in [2.05, 4.69) is 34.3 Å². The van der Waals surface area contributed by atoms with Crippen molar-refractivity contribution in [1.29, 1.82) is 0 Å². The molecule has 3 rings (SSSR count). The van der Waals surface area contributed by atoms with Crippen LogP contribution in [-0.4, -0.2) is 15.7 Å². The van der Waals surface area contributed by atoms with E-state index in [0.29, 0.717) is 5.16 Å². The molecule has 1 aromatic carbocycles. The number of nitrogens with zero attached hydrogens (tertiary/aromatic N) is 1. The number of thioether (sulfide) groups is 1. The zero-order valence-corrected chi connectivity index (χ0v) is 14.1. The van der Waals surface area contributed by atoms with E-state index < -0.39 is 0 Å². The van der Waals surface area contributed by atoms with E-state index in [9.17, 15) is 4.79 Å². The van der Waals surface area contributed by atoms with Crippen LogP contribution >= 0.6 is 23.1 Å². The summed E-state index contributed by atoms with van der Waals surface area (Å²) in [6.07, 6.45) is 4.15. The summed E-state index contributed by atoms with van der Waals surface area (Å²) in [5.41, 5.74) is 2.17. The molecule has 0 radical (unpaired) electrons. The maximum absolute atomic E-state index is 12.2. The van der Waals surface area contributed by atoms with Gasteiger partial charge in [0.05, 0.1) is 5.39 Å². The van der Waals surface area contributed by atoms with Crippen LogP contribution in [0.1, 0.15) is 16.0 Å². The standard InChI is InChI=1S/C17H16N2OS2/c1-11-12(2)22-16-14(11)15(20)18-17(19-16)21-10-6-9-13-7-4-3-5-8-13/h3-9H,10H2,1-2H3,(H,18,19,20)/b9-6-. The molecule has 1 N–H and O–H groups in total. The number of nitrogens with one attached hydrogen (secondary N) is 1. The predicted molar refractivity (Wildman–Crippen MR) is 95.9 cm³/mol. The van der Waals surface area contributed by atoms with Crippen molar-refractivity contribution in [2.75, 3.05) is 5.75 Å². The highest BCUT2D eigenvalue weighted by atomic mass is 32.2. The first-order chi connectivity index (χ1) is 10.6. The molecule has 0 spiro atoms. The molecule has 0 bridgehead atoms. The average molecular weight is 328 g/mol. The molecule has 0 unspecified atom stereocenters. The highest BCUT2D eigenvalue weighted by Gasteiger charge is 2.11. The third kappa shape index (κ3) is 3.15. The summed E-state index contributed by atoms with van der Waals surface area (Å²) in [6, 6.07) is 10.2. The molecule has 0 saturated heterocycles. The maximum atomic E-state index is 12.2. The largest absolute Gasteiger partial charge is 0.301 e. The molecule has 0 fully saturated rings. The first-order valence-corrected chi connectivity index (χ1v) is 8.80. The lowest BCUT2D eigenvalue weighted by molar-refractivity contribution is 0.981. The van der Waals surface area contributed by atoms with E-state index in [-0.39, 0.29) is 5.56 Å². The second-order valence-electron chi connectivity index (χ2n) is 4.96. The SMILES string of the molecule is Cc1sc2nc(SC/C=C\c3ccccc3)[nH]c(=O)c2c1C. The summed E-state index contributed by atoms with van der Waals surface area (Å²) >= 11 is 3.12. The molecule has 5 heteroatoms. The van der Waals surface area contributed by atoms with Crippen molar-refractivity contribution in [1.82, 2.24) is 9.97 Å². The molecule has 0 aliphatic carbocycles. The van der Waals surface area contributed by atoms with Gasteiger partial charge in [-0.15, -0.1) is 11.3 Å². The summed E-state index contributed by atoms with van der Waals surface area (Å²) in [7, 11) is 0. The fraction of sp³-hybridized carbons (Fsp3) is 0.176. The van der Waals surface area contributed by atoms with Crippen LogP contribution in [0.15, 0.2) is 46.4 Å². The molecule has 2 heterocycles. The van der Waals surface area contributed by atoms with E-state index in [4.69, 9.17) is 0 Å². The van der Waals surface area contributed by atoms with Gasteiger partial charge >= 0.3 is 0 Å². The molecule has 0 aliphatic heterocycles. The Morgan fingerprint density at radius 3 is 2.82 bits per heavy atom. The van der Waals surface area contributed by atoms with Crippen LogP contribution in [-0.2, 0) is 0 Å². The number of aromatic nitrogens is 2. The minimum absolute atomic E-state index is 0.0404. The first-order valence-electron chi connectivity index (χ1n) is 6.99. The van der Waals surface area contributed by atoms with Crippen LogP contribution < -0.4 is 5.56 Å². The van der Waals surface area contributed by atoms with Crippen molar-refractivity contribution in [3.05, 3.63) is 62.8 Å². The van der Waals surface area contributed by atoms with Gasteiger partial charge in [-0.05, 0) is 25.0 Å². The number of thiophene rings is 1. The van der Waals surface area contributed by atoms with Gasteiger partial charge in [0.25, 0.3) is 5.56 Å². The number of hydrogen-bond acceptors (Lipinski definition) is 4. The van der Waals surface area contributed by atoms with E-state index in [0.717, 1.165) is 26.4 Å². The van der Waals surface area contributed by atoms with Crippen LogP contribution in [0, 0.1) is 13.8 Å². The Morgan fingerprint density at radius 2 is 2.05 bits per heavy atom. The molecule has 0 saturated carbocycles. The van der Waals surface area contributed by atoms with Crippen molar-refractivity contribution >= 4 is 39.4 Å². The van der Waals surface area contributed by atoms with Crippen LogP contribution in [0.4, 0.5) is 0 Å². The van der Waals surface area contributed by atoms with Gasteiger partial charge in [-0.2, -0.15) is 0 Å². The Hall–Kier alpha value is -1.85. The lowest BCUT2D eigenvalue weighted by atomic mass is 10.2. The number of aryl methyl sites for hydroxylation is 2. The number of H-pyrrole nitrogens is 1. The predicted octanol–water partition coefficient (Wildman–Crippen LogP) is 4.41. The second-order valence-corrected chi connectivity index (χ2v) is 7.17. The number of rotatable bonds is 4. The molecule has 22 heavy (non-hydrogen) atoms. The zero-order valence-electron chi connectivity index (χ0n) is 12.4. The summed E-state index contributed by atoms with van der Waals surface area (Å²) in [4.78, 5) is 21.6. The molecule has 0 atom stereocenters. The Balaban J connectivity index is 1.75. The van der Waals surface area contributed by atoms with Crippen molar-refractivity contribution in [3.8, 4) is 0 Å². The lowest BCUT2D eigenvalue weighted by Gasteiger charge is -1.98. The second kappa shape index (κ2) is 6.50. The quantitative estimate of drug-likeness (QED) is 0.570. The summed E-state index contributed by atoms with van der Waals surface area (Å²) < 4.78 is 0. The van der Waals surface area contributed by atoms with Crippen molar-refractivity contribution < 1.29 is 0 Å². The Kier molecular flexibility index (Phi) is 4.45. The van der Waals surface area contributed by atoms with Gasteiger partial charge in [0.15, 0.2) is 5.16 Å². The monoisotopic (exact) mass is 328 g/mol. The fourth-order valence-electron chi connectivity index (χ4n) is 2.18. The highest BCUT2D eigenvalue weighted by molar-refractivity contribution is 7.99. The third-order valence-corrected chi connectivity index (χ3v) is 5.37. The lowest BCUT2D eigenvalue weighted by Crippen LogP contribution is -2.08. The highest BCUT2D eigenvalue weighted by Crippen LogP contribution is 2.27. The van der Waals surface area contributed by atoms with Crippen molar-refractivity contribution in [2.24, 2.45) is 0 Å². The molecule has 0 amide bonds. The maximum Gasteiger partial charge on any atom is 0.260 e. The van der Waals surface area contributed by atoms with Gasteiger partial charge in [-0.25, -0.2) is 4.98 Å². The van der Waals surface area contributed by atoms with Gasteiger partial charge < -0.3 is 4.98 Å². The molecule has 3 aromatic rings. The van der Waals surface area contributed by atoms with E-state index in [1.807, 2.05) is 32.0 Å². The zero-order chi connectivity index (χ0) is 15.5. The summed E-state index contributed by atoms with van der Waals surface area (Å²) in [6.45, 7) is 4.00. The third-order valence-electron chi connectivity index (χ3n) is 3.44. The topological polar surface area (TPSA) is 45.8 Å². The summed E-state index contributed by atoms with van der Waals surface area (Å²) in [5, 5.41) is 1.41. The van der Waals surface area contributed by atoms with E-state index >= 15 is 0 Å². The molecular formula is C17H16N2OS2. The number of fused-ring (bicyclic) bond motifs is 1. The van der Waals surface area contributed by atoms with Crippen molar-refractivity contribution in [2.45, 2.75) is 19.0 Å². The van der Waals surface area contributed by atoms with Crippen LogP contribution in [0.5, 0.6) is 0 Å². The van der Waals surface area contributed by atoms with Crippen LogP contribution in [0.25, 0.3) is 16.3 Å². The van der Waals surface area contributed by atoms with Gasteiger partial charge in [0, 0.05) is 10.6 Å². The molecule has 2 aromatic heterocycles. The Bertz CT molecular complexity index is 879. The van der Waals surface area contributed by atoms with Gasteiger partial charge in [-0.3, -0.25) is 4.79 Å². The number of aromatic amines is 1. The van der Waals surface area contributed by atoms with Crippen LogP contribution in [0.3, 0.4) is 0 Å². The Morgan fingerprint density at radius 1 is 1.27 bits per heavy atom. The molecule has 112 valence electrons. The first kappa shape index (κ1) is 15.1. The van der Waals surface area contributed by atoms with E-state index in [1.54, 1.807) is 11.3 Å². The van der Waals surface area contributed by atoms with Crippen molar-refractivity contribution in [3.63, 3.8) is 0 Å². The van der Waals surface area contributed by atoms with Crippen LogP contribution in [0.2, 0.25) is 0 Å². The summed E-state index contributed by atoms with van der Waals surface area (Å²) in [5.74, 6) is 0.771. The van der Waals surface area contributed by atoms with Gasteiger partial charge in [0.2, 0.25) is 0 Å². The minimum atomic E-state index is -0.0404. The van der Waals surface area contributed by atoms with E-state index in [1.165, 1.54) is 17.3 Å². The average Bonchev–Trinajstić information content (AvgIpc) is 2.80. The Labute approximate surface area is 137 Å². The molecular weight excluding hydrogens is 312 g/mol. The fourth-order valence-corrected chi connectivity index (χ4v) is 3.94. The van der Waals surface area contributed by atoms with Gasteiger partial charge in [0.1, 0.15) is 4.83 Å². The molecule has 0 aliphatic rings. The minimum Gasteiger partial charge on any atom is -0.301 e. The smallest absolute Gasteiger partial charge is 0.260 e. The number of benzene rings is 1. The number of hydrogen-bond donors (Lipinski definition) is 1. The van der Waals surface area contributed by atoms with Gasteiger partial charge in [-0.1, -0.05) is 54.2 Å². The normalized spacial score (nSPS) is 11.5.